The van der Waals surface area contributed by atoms with Crippen LogP contribution in [0.15, 0.2) is 30.3 Å². The van der Waals surface area contributed by atoms with Crippen LogP contribution in [0.2, 0.25) is 0 Å². The first-order valence-corrected chi connectivity index (χ1v) is 8.07. The lowest BCUT2D eigenvalue weighted by atomic mass is 10.2. The Morgan fingerprint density at radius 3 is 2.33 bits per heavy atom. The smallest absolute Gasteiger partial charge is 0.0239 e. The number of aryl methyl sites for hydroxylation is 1. The van der Waals surface area contributed by atoms with E-state index in [-0.39, 0.29) is 7.92 Å². The van der Waals surface area contributed by atoms with Gasteiger partial charge in [-0.25, -0.2) is 0 Å². The molecule has 0 spiro atoms. The van der Waals surface area contributed by atoms with Gasteiger partial charge in [-0.2, -0.15) is 0 Å². The van der Waals surface area contributed by atoms with E-state index in [0.29, 0.717) is 0 Å². The van der Waals surface area contributed by atoms with E-state index in [2.05, 4.69) is 50.8 Å². The van der Waals surface area contributed by atoms with Gasteiger partial charge in [-0.1, -0.05) is 44.2 Å². The molecular formula is C14H23P. The third-order valence-electron chi connectivity index (χ3n) is 2.71. The molecule has 1 heteroatoms. The molecule has 1 rings (SSSR count). The van der Waals surface area contributed by atoms with Gasteiger partial charge in [0.2, 0.25) is 0 Å². The first-order chi connectivity index (χ1) is 7.18. The second-order valence-corrected chi connectivity index (χ2v) is 7.33. The van der Waals surface area contributed by atoms with E-state index in [0.717, 1.165) is 5.92 Å². The van der Waals surface area contributed by atoms with Gasteiger partial charge < -0.3 is 0 Å². The van der Waals surface area contributed by atoms with Gasteiger partial charge in [-0.15, -0.1) is 7.92 Å². The van der Waals surface area contributed by atoms with Crippen molar-refractivity contribution in [3.05, 3.63) is 35.9 Å². The summed E-state index contributed by atoms with van der Waals surface area (Å²) in [5.41, 5.74) is 1.50. The van der Waals surface area contributed by atoms with Crippen molar-refractivity contribution in [1.29, 1.82) is 0 Å². The quantitative estimate of drug-likeness (QED) is 0.626. The van der Waals surface area contributed by atoms with Crippen molar-refractivity contribution in [3.63, 3.8) is 0 Å². The van der Waals surface area contributed by atoms with Gasteiger partial charge in [0.15, 0.2) is 0 Å². The first kappa shape index (κ1) is 12.7. The van der Waals surface area contributed by atoms with Crippen molar-refractivity contribution in [2.75, 3.05) is 19.0 Å². The normalized spacial score (nSPS) is 13.1. The van der Waals surface area contributed by atoms with Crippen molar-refractivity contribution in [3.8, 4) is 0 Å². The molecule has 0 aliphatic carbocycles. The molecular weight excluding hydrogens is 199 g/mol. The fourth-order valence-electron chi connectivity index (χ4n) is 1.56. The maximum Gasteiger partial charge on any atom is -0.0239 e. The van der Waals surface area contributed by atoms with Crippen LogP contribution in [0.4, 0.5) is 0 Å². The van der Waals surface area contributed by atoms with Crippen LogP contribution in [0.5, 0.6) is 0 Å². The molecule has 0 saturated carbocycles. The Bertz CT molecular complexity index is 253. The van der Waals surface area contributed by atoms with Crippen molar-refractivity contribution < 1.29 is 0 Å². The molecule has 0 aromatic heterocycles. The second-order valence-electron chi connectivity index (χ2n) is 4.72. The van der Waals surface area contributed by atoms with Gasteiger partial charge in [0.05, 0.1) is 0 Å². The minimum absolute atomic E-state index is 0.263. The van der Waals surface area contributed by atoms with Crippen molar-refractivity contribution in [1.82, 2.24) is 0 Å². The van der Waals surface area contributed by atoms with Crippen LogP contribution >= 0.6 is 7.92 Å². The largest absolute Gasteiger partial charge is 0.110 e. The van der Waals surface area contributed by atoms with Crippen LogP contribution in [-0.4, -0.2) is 19.0 Å². The SMILES string of the molecule is CC(C)CCP(C)CCc1ccccc1. The van der Waals surface area contributed by atoms with Crippen LogP contribution in [0.25, 0.3) is 0 Å². The predicted molar refractivity (Wildman–Crippen MR) is 72.2 cm³/mol. The molecule has 0 aliphatic rings. The molecule has 15 heavy (non-hydrogen) atoms. The van der Waals surface area contributed by atoms with E-state index in [1.54, 1.807) is 0 Å². The van der Waals surface area contributed by atoms with Gasteiger partial charge in [-0.3, -0.25) is 0 Å². The zero-order chi connectivity index (χ0) is 11.1. The molecule has 0 amide bonds. The highest BCUT2D eigenvalue weighted by atomic mass is 31.1. The second kappa shape index (κ2) is 7.01. The van der Waals surface area contributed by atoms with Crippen molar-refractivity contribution in [2.45, 2.75) is 26.7 Å². The van der Waals surface area contributed by atoms with Crippen molar-refractivity contribution in [2.24, 2.45) is 5.92 Å². The average molecular weight is 222 g/mol. The average Bonchev–Trinajstić information content (AvgIpc) is 2.25. The first-order valence-electron chi connectivity index (χ1n) is 5.91. The van der Waals surface area contributed by atoms with E-state index < -0.39 is 0 Å². The molecule has 1 atom stereocenters. The van der Waals surface area contributed by atoms with Crippen LogP contribution in [0.3, 0.4) is 0 Å². The van der Waals surface area contributed by atoms with E-state index >= 15 is 0 Å². The summed E-state index contributed by atoms with van der Waals surface area (Å²) < 4.78 is 0. The molecule has 84 valence electrons. The molecule has 0 fully saturated rings. The topological polar surface area (TPSA) is 0 Å². The molecule has 0 heterocycles. The summed E-state index contributed by atoms with van der Waals surface area (Å²) in [4.78, 5) is 0. The van der Waals surface area contributed by atoms with Crippen LogP contribution in [0.1, 0.15) is 25.8 Å². The molecule has 1 aromatic carbocycles. The Hall–Kier alpha value is -0.350. The fraction of sp³-hybridized carbons (Fsp3) is 0.571. The molecule has 0 saturated heterocycles. The summed E-state index contributed by atoms with van der Waals surface area (Å²) in [5, 5.41) is 0. The maximum absolute atomic E-state index is 2.45. The highest BCUT2D eigenvalue weighted by Gasteiger charge is 2.03. The number of hydrogen-bond acceptors (Lipinski definition) is 0. The van der Waals surface area contributed by atoms with E-state index in [1.807, 2.05) is 0 Å². The summed E-state index contributed by atoms with van der Waals surface area (Å²) in [7, 11) is 0.263. The Balaban J connectivity index is 2.19. The minimum Gasteiger partial charge on any atom is -0.110 e. The molecule has 0 N–H and O–H groups in total. The van der Waals surface area contributed by atoms with Gasteiger partial charge in [-0.05, 0) is 43.3 Å². The summed E-state index contributed by atoms with van der Waals surface area (Å²) in [6.07, 6.45) is 5.50. The fourth-order valence-corrected chi connectivity index (χ4v) is 3.38. The Morgan fingerprint density at radius 1 is 1.07 bits per heavy atom. The standard InChI is InChI=1S/C14H23P/c1-13(2)9-11-15(3)12-10-14-7-5-4-6-8-14/h4-8,13H,9-12H2,1-3H3. The summed E-state index contributed by atoms with van der Waals surface area (Å²) in [6.45, 7) is 7.08. The number of benzene rings is 1. The Kier molecular flexibility index (Phi) is 5.95. The van der Waals surface area contributed by atoms with E-state index in [9.17, 15) is 0 Å². The molecule has 0 nitrogen and oxygen atoms in total. The van der Waals surface area contributed by atoms with Crippen molar-refractivity contribution >= 4 is 7.92 Å². The number of rotatable bonds is 6. The Morgan fingerprint density at radius 2 is 1.73 bits per heavy atom. The third-order valence-corrected chi connectivity index (χ3v) is 4.72. The summed E-state index contributed by atoms with van der Waals surface area (Å²) in [5.74, 6) is 0.867. The molecule has 0 aliphatic heterocycles. The molecule has 0 bridgehead atoms. The molecule has 0 radical (unpaired) electrons. The van der Waals surface area contributed by atoms with Gasteiger partial charge in [0, 0.05) is 0 Å². The van der Waals surface area contributed by atoms with Gasteiger partial charge >= 0.3 is 0 Å². The van der Waals surface area contributed by atoms with Crippen LogP contribution < -0.4 is 0 Å². The third kappa shape index (κ3) is 5.95. The van der Waals surface area contributed by atoms with Gasteiger partial charge in [0.1, 0.15) is 0 Å². The van der Waals surface area contributed by atoms with Crippen LogP contribution in [0, 0.1) is 5.92 Å². The minimum atomic E-state index is 0.263. The highest BCUT2D eigenvalue weighted by Crippen LogP contribution is 2.33. The van der Waals surface area contributed by atoms with Crippen LogP contribution in [-0.2, 0) is 6.42 Å². The van der Waals surface area contributed by atoms with E-state index in [4.69, 9.17) is 0 Å². The Labute approximate surface area is 95.9 Å². The highest BCUT2D eigenvalue weighted by molar-refractivity contribution is 7.56. The zero-order valence-corrected chi connectivity index (χ0v) is 11.1. The van der Waals surface area contributed by atoms with Gasteiger partial charge in [0.25, 0.3) is 0 Å². The summed E-state index contributed by atoms with van der Waals surface area (Å²) >= 11 is 0. The lowest BCUT2D eigenvalue weighted by Gasteiger charge is -2.13. The number of hydrogen-bond donors (Lipinski definition) is 0. The maximum atomic E-state index is 2.45. The summed E-state index contributed by atoms with van der Waals surface area (Å²) in [6, 6.07) is 10.9. The monoisotopic (exact) mass is 222 g/mol. The molecule has 1 aromatic rings. The molecule has 1 unspecified atom stereocenters. The lowest BCUT2D eigenvalue weighted by molar-refractivity contribution is 0.630. The zero-order valence-electron chi connectivity index (χ0n) is 10.2. The van der Waals surface area contributed by atoms with E-state index in [1.165, 1.54) is 30.7 Å². The lowest BCUT2D eigenvalue weighted by Crippen LogP contribution is -1.97. The predicted octanol–water partition coefficient (Wildman–Crippen LogP) is 4.39.